The van der Waals surface area contributed by atoms with Gasteiger partial charge in [0.25, 0.3) is 0 Å². The Kier molecular flexibility index (Phi) is 3.42. The average Bonchev–Trinajstić information content (AvgIpc) is 2.11. The van der Waals surface area contributed by atoms with Gasteiger partial charge in [0.15, 0.2) is 0 Å². The molecule has 2 nitrogen and oxygen atoms in total. The van der Waals surface area contributed by atoms with E-state index in [1.807, 2.05) is 13.8 Å². The van der Waals surface area contributed by atoms with Gasteiger partial charge in [0.2, 0.25) is 0 Å². The molecule has 0 saturated carbocycles. The monoisotopic (exact) mass is 210 g/mol. The molecule has 1 heterocycles. The molecule has 5 heteroatoms. The lowest BCUT2D eigenvalue weighted by atomic mass is 10.0. The molecule has 1 saturated heterocycles. The molecule has 0 spiro atoms. The van der Waals surface area contributed by atoms with Crippen molar-refractivity contribution in [3.8, 4) is 0 Å². The first-order chi connectivity index (χ1) is 6.31. The van der Waals surface area contributed by atoms with Crippen LogP contribution in [0.25, 0.3) is 0 Å². The van der Waals surface area contributed by atoms with Crippen molar-refractivity contribution in [1.82, 2.24) is 10.2 Å². The molecule has 0 aromatic heterocycles. The molecule has 0 bridgehead atoms. The van der Waals surface area contributed by atoms with E-state index in [-0.39, 0.29) is 0 Å². The van der Waals surface area contributed by atoms with E-state index < -0.39 is 18.3 Å². The summed E-state index contributed by atoms with van der Waals surface area (Å²) in [5.41, 5.74) is -0.411. The Bertz CT molecular complexity index is 189. The zero-order valence-electron chi connectivity index (χ0n) is 8.62. The molecule has 0 aromatic carbocycles. The fourth-order valence-corrected chi connectivity index (χ4v) is 1.71. The van der Waals surface area contributed by atoms with Gasteiger partial charge in [-0.05, 0) is 26.8 Å². The maximum atomic E-state index is 12.3. The Morgan fingerprint density at radius 3 is 2.57 bits per heavy atom. The molecule has 84 valence electrons. The third-order valence-electron chi connectivity index (χ3n) is 2.57. The Hall–Kier alpha value is -0.290. The number of nitrogens with zero attached hydrogens (tertiary/aromatic N) is 1. The lowest BCUT2D eigenvalue weighted by molar-refractivity contribution is -0.156. The highest BCUT2D eigenvalue weighted by Gasteiger charge is 2.37. The lowest BCUT2D eigenvalue weighted by Crippen LogP contribution is -2.51. The highest BCUT2D eigenvalue weighted by Crippen LogP contribution is 2.23. The normalized spacial score (nSPS) is 24.6. The molecule has 0 unspecified atom stereocenters. The Labute approximate surface area is 82.5 Å². The molecular weight excluding hydrogens is 193 g/mol. The second-order valence-corrected chi connectivity index (χ2v) is 4.38. The van der Waals surface area contributed by atoms with Gasteiger partial charge in [-0.3, -0.25) is 4.90 Å². The van der Waals surface area contributed by atoms with E-state index in [1.165, 1.54) is 4.90 Å². The third-order valence-corrected chi connectivity index (χ3v) is 2.57. The van der Waals surface area contributed by atoms with Gasteiger partial charge in [0.1, 0.15) is 0 Å². The smallest absolute Gasteiger partial charge is 0.315 e. The summed E-state index contributed by atoms with van der Waals surface area (Å²) in [6, 6.07) is 0. The zero-order chi connectivity index (χ0) is 10.8. The van der Waals surface area contributed by atoms with Crippen LogP contribution in [0.5, 0.6) is 0 Å². The molecular formula is C9H17F3N2. The van der Waals surface area contributed by atoms with Crippen molar-refractivity contribution in [3.63, 3.8) is 0 Å². The van der Waals surface area contributed by atoms with Crippen LogP contribution in [0.4, 0.5) is 13.2 Å². The standard InChI is InChI=1S/C9H17F3N2/c1-8(2)6-13-4-3-5-14(8)7-9(10,11)12/h13H,3-7H2,1-2H3. The van der Waals surface area contributed by atoms with E-state index in [0.717, 1.165) is 13.0 Å². The van der Waals surface area contributed by atoms with Crippen LogP contribution < -0.4 is 5.32 Å². The highest BCUT2D eigenvalue weighted by molar-refractivity contribution is 4.87. The van der Waals surface area contributed by atoms with Crippen LogP contribution in [0.2, 0.25) is 0 Å². The van der Waals surface area contributed by atoms with Gasteiger partial charge in [-0.25, -0.2) is 0 Å². The molecule has 0 amide bonds. The molecule has 1 aliphatic rings. The van der Waals surface area contributed by atoms with Crippen molar-refractivity contribution in [3.05, 3.63) is 0 Å². The maximum absolute atomic E-state index is 12.3. The van der Waals surface area contributed by atoms with E-state index in [2.05, 4.69) is 5.32 Å². The Balaban J connectivity index is 2.63. The van der Waals surface area contributed by atoms with Gasteiger partial charge in [-0.2, -0.15) is 13.2 Å². The van der Waals surface area contributed by atoms with Crippen molar-refractivity contribution in [2.45, 2.75) is 32.0 Å². The van der Waals surface area contributed by atoms with E-state index in [0.29, 0.717) is 13.1 Å². The molecule has 0 atom stereocenters. The van der Waals surface area contributed by atoms with Crippen LogP contribution in [-0.2, 0) is 0 Å². The predicted octanol–water partition coefficient (Wildman–Crippen LogP) is 1.62. The fraction of sp³-hybridized carbons (Fsp3) is 1.00. The van der Waals surface area contributed by atoms with Crippen LogP contribution in [0.15, 0.2) is 0 Å². The topological polar surface area (TPSA) is 15.3 Å². The number of hydrogen-bond acceptors (Lipinski definition) is 2. The van der Waals surface area contributed by atoms with Gasteiger partial charge in [0.05, 0.1) is 6.54 Å². The van der Waals surface area contributed by atoms with Gasteiger partial charge in [-0.1, -0.05) is 0 Å². The number of halogens is 3. The van der Waals surface area contributed by atoms with Crippen molar-refractivity contribution in [1.29, 1.82) is 0 Å². The van der Waals surface area contributed by atoms with Crippen molar-refractivity contribution >= 4 is 0 Å². The highest BCUT2D eigenvalue weighted by atomic mass is 19.4. The number of nitrogens with one attached hydrogen (secondary N) is 1. The summed E-state index contributed by atoms with van der Waals surface area (Å²) >= 11 is 0. The minimum absolute atomic E-state index is 0.411. The number of alkyl halides is 3. The second-order valence-electron chi connectivity index (χ2n) is 4.38. The first-order valence-electron chi connectivity index (χ1n) is 4.84. The largest absolute Gasteiger partial charge is 0.401 e. The fourth-order valence-electron chi connectivity index (χ4n) is 1.71. The van der Waals surface area contributed by atoms with Gasteiger partial charge >= 0.3 is 6.18 Å². The van der Waals surface area contributed by atoms with Crippen LogP contribution in [0.1, 0.15) is 20.3 Å². The summed E-state index contributed by atoms with van der Waals surface area (Å²) in [7, 11) is 0. The Morgan fingerprint density at radius 1 is 1.36 bits per heavy atom. The van der Waals surface area contributed by atoms with Crippen LogP contribution >= 0.6 is 0 Å². The summed E-state index contributed by atoms with van der Waals surface area (Å²) in [6.07, 6.45) is -3.32. The third kappa shape index (κ3) is 3.46. The van der Waals surface area contributed by atoms with E-state index in [9.17, 15) is 13.2 Å². The van der Waals surface area contributed by atoms with E-state index in [1.54, 1.807) is 0 Å². The van der Waals surface area contributed by atoms with Crippen molar-refractivity contribution < 1.29 is 13.2 Å². The summed E-state index contributed by atoms with van der Waals surface area (Å²) in [6.45, 7) is 4.82. The maximum Gasteiger partial charge on any atom is 0.401 e. The minimum Gasteiger partial charge on any atom is -0.315 e. The summed E-state index contributed by atoms with van der Waals surface area (Å²) in [5.74, 6) is 0. The predicted molar refractivity (Wildman–Crippen MR) is 49.2 cm³/mol. The summed E-state index contributed by atoms with van der Waals surface area (Å²) in [4.78, 5) is 1.51. The van der Waals surface area contributed by atoms with Crippen molar-refractivity contribution in [2.75, 3.05) is 26.2 Å². The lowest BCUT2D eigenvalue weighted by Gasteiger charge is -2.37. The summed E-state index contributed by atoms with van der Waals surface area (Å²) in [5, 5.41) is 3.14. The molecule has 1 fully saturated rings. The SMILES string of the molecule is CC1(C)CNCCCN1CC(F)(F)F. The van der Waals surface area contributed by atoms with Crippen LogP contribution in [0.3, 0.4) is 0 Å². The number of hydrogen-bond donors (Lipinski definition) is 1. The average molecular weight is 210 g/mol. The van der Waals surface area contributed by atoms with Crippen LogP contribution in [0, 0.1) is 0 Å². The molecule has 1 rings (SSSR count). The van der Waals surface area contributed by atoms with E-state index in [4.69, 9.17) is 0 Å². The Morgan fingerprint density at radius 2 is 2.00 bits per heavy atom. The molecule has 0 aromatic rings. The van der Waals surface area contributed by atoms with E-state index >= 15 is 0 Å². The van der Waals surface area contributed by atoms with Gasteiger partial charge < -0.3 is 5.32 Å². The molecule has 14 heavy (non-hydrogen) atoms. The molecule has 1 N–H and O–H groups in total. The van der Waals surface area contributed by atoms with Crippen LogP contribution in [-0.4, -0.2) is 42.8 Å². The minimum atomic E-state index is -4.10. The van der Waals surface area contributed by atoms with Gasteiger partial charge in [0, 0.05) is 18.6 Å². The summed E-state index contributed by atoms with van der Waals surface area (Å²) < 4.78 is 36.8. The zero-order valence-corrected chi connectivity index (χ0v) is 8.62. The first kappa shape index (κ1) is 11.8. The van der Waals surface area contributed by atoms with Crippen molar-refractivity contribution in [2.24, 2.45) is 0 Å². The molecule has 1 aliphatic heterocycles. The first-order valence-corrected chi connectivity index (χ1v) is 4.84. The molecule has 0 radical (unpaired) electrons. The second kappa shape index (κ2) is 4.06. The quantitative estimate of drug-likeness (QED) is 0.707. The number of rotatable bonds is 1. The molecule has 0 aliphatic carbocycles. The van der Waals surface area contributed by atoms with Gasteiger partial charge in [-0.15, -0.1) is 0 Å².